The van der Waals surface area contributed by atoms with Crippen LogP contribution in [0.2, 0.25) is 0 Å². The summed E-state index contributed by atoms with van der Waals surface area (Å²) in [5.41, 5.74) is 1.09. The van der Waals surface area contributed by atoms with Crippen LogP contribution in [-0.2, 0) is 10.0 Å². The van der Waals surface area contributed by atoms with E-state index in [1.54, 1.807) is 25.1 Å². The quantitative estimate of drug-likeness (QED) is 0.508. The first kappa shape index (κ1) is 21.7. The second kappa shape index (κ2) is 9.23. The van der Waals surface area contributed by atoms with E-state index in [1.807, 2.05) is 0 Å². The topological polar surface area (TPSA) is 88.2 Å². The summed E-state index contributed by atoms with van der Waals surface area (Å²) in [5, 5.41) is 2.62. The first-order valence-electron chi connectivity index (χ1n) is 8.66. The molecule has 0 spiro atoms. The number of carbonyl (C=O) groups excluding carboxylic acids is 1. The monoisotopic (exact) mass is 449 g/mol. The van der Waals surface area contributed by atoms with Crippen LogP contribution in [0.25, 0.3) is 0 Å². The molecule has 30 heavy (non-hydrogen) atoms. The largest absolute Gasteiger partial charge is 0.307 e. The number of alkyl halides is 2. The van der Waals surface area contributed by atoms with Crippen molar-refractivity contribution in [2.45, 2.75) is 22.5 Å². The zero-order valence-corrected chi connectivity index (χ0v) is 17.3. The minimum absolute atomic E-state index is 0.113. The standard InChI is InChI=1S/C20H17F2N3O3S2/c1-13-4-2-7-18(23-13)24-19(26)14-5-3-6-17(12-14)30(27,28)25-15-8-10-16(11-9-15)29-20(21)22/h2-12,20,25H,1H3,(H,23,24,26). The van der Waals surface area contributed by atoms with E-state index >= 15 is 0 Å². The van der Waals surface area contributed by atoms with Crippen LogP contribution in [0.3, 0.4) is 0 Å². The van der Waals surface area contributed by atoms with Crippen molar-refractivity contribution in [1.29, 1.82) is 0 Å². The van der Waals surface area contributed by atoms with Crippen molar-refractivity contribution in [3.8, 4) is 0 Å². The molecule has 1 heterocycles. The lowest BCUT2D eigenvalue weighted by molar-refractivity contribution is 0.102. The predicted octanol–water partition coefficient (Wildman–Crippen LogP) is 4.76. The van der Waals surface area contributed by atoms with Crippen LogP contribution in [0, 0.1) is 6.92 Å². The second-order valence-corrected chi connectivity index (χ2v) is 8.90. The number of aryl methyl sites for hydroxylation is 1. The maximum atomic E-state index is 12.7. The lowest BCUT2D eigenvalue weighted by atomic mass is 10.2. The molecule has 3 rings (SSSR count). The van der Waals surface area contributed by atoms with Crippen LogP contribution in [0.4, 0.5) is 20.3 Å². The number of nitrogens with one attached hydrogen (secondary N) is 2. The normalized spacial score (nSPS) is 11.3. The Morgan fingerprint density at radius 3 is 2.40 bits per heavy atom. The Morgan fingerprint density at radius 2 is 1.73 bits per heavy atom. The molecule has 0 saturated carbocycles. The van der Waals surface area contributed by atoms with Gasteiger partial charge in [0.2, 0.25) is 0 Å². The van der Waals surface area contributed by atoms with E-state index < -0.39 is 21.7 Å². The Balaban J connectivity index is 1.75. The third-order valence-corrected chi connectivity index (χ3v) is 5.97. The second-order valence-electron chi connectivity index (χ2n) is 6.15. The number of benzene rings is 2. The number of anilines is 2. The molecular formula is C20H17F2N3O3S2. The summed E-state index contributed by atoms with van der Waals surface area (Å²) in [6.07, 6.45) is 0. The summed E-state index contributed by atoms with van der Waals surface area (Å²) >= 11 is 0.368. The summed E-state index contributed by atoms with van der Waals surface area (Å²) in [5.74, 6) is -2.71. The summed E-state index contributed by atoms with van der Waals surface area (Å²) in [7, 11) is -3.99. The van der Waals surface area contributed by atoms with Crippen molar-refractivity contribution >= 4 is 39.2 Å². The Labute approximate surface area is 176 Å². The number of carbonyl (C=O) groups is 1. The molecule has 1 aromatic heterocycles. The van der Waals surface area contributed by atoms with Gasteiger partial charge in [-0.3, -0.25) is 9.52 Å². The first-order chi connectivity index (χ1) is 14.2. The molecule has 2 N–H and O–H groups in total. The number of thioether (sulfide) groups is 1. The van der Waals surface area contributed by atoms with Crippen LogP contribution in [0.15, 0.2) is 76.5 Å². The molecule has 156 valence electrons. The highest BCUT2D eigenvalue weighted by molar-refractivity contribution is 7.99. The summed E-state index contributed by atoms with van der Waals surface area (Å²) in [6, 6.07) is 16.3. The minimum Gasteiger partial charge on any atom is -0.307 e. The Morgan fingerprint density at radius 1 is 1.03 bits per heavy atom. The summed E-state index contributed by atoms with van der Waals surface area (Å²) < 4.78 is 52.5. The number of halogens is 2. The molecule has 0 atom stereocenters. The van der Waals surface area contributed by atoms with Gasteiger partial charge in [0.25, 0.3) is 21.7 Å². The van der Waals surface area contributed by atoms with Gasteiger partial charge >= 0.3 is 0 Å². The Hall–Kier alpha value is -2.98. The van der Waals surface area contributed by atoms with E-state index in [4.69, 9.17) is 0 Å². The highest BCUT2D eigenvalue weighted by Crippen LogP contribution is 2.27. The highest BCUT2D eigenvalue weighted by Gasteiger charge is 2.17. The van der Waals surface area contributed by atoms with E-state index in [9.17, 15) is 22.0 Å². The van der Waals surface area contributed by atoms with Gasteiger partial charge in [0, 0.05) is 21.8 Å². The van der Waals surface area contributed by atoms with Gasteiger partial charge in [-0.15, -0.1) is 0 Å². The molecule has 0 aliphatic rings. The fraction of sp³-hybridized carbons (Fsp3) is 0.100. The van der Waals surface area contributed by atoms with Gasteiger partial charge in [0.05, 0.1) is 4.90 Å². The van der Waals surface area contributed by atoms with Crippen LogP contribution in [-0.4, -0.2) is 25.1 Å². The lowest BCUT2D eigenvalue weighted by Crippen LogP contribution is -2.16. The van der Waals surface area contributed by atoms with Crippen molar-refractivity contribution in [3.05, 3.63) is 78.0 Å². The fourth-order valence-electron chi connectivity index (χ4n) is 2.52. The molecule has 0 fully saturated rings. The molecule has 2 aromatic carbocycles. The molecule has 3 aromatic rings. The van der Waals surface area contributed by atoms with Gasteiger partial charge in [-0.1, -0.05) is 23.9 Å². The zero-order valence-electron chi connectivity index (χ0n) is 15.7. The average Bonchev–Trinajstić information content (AvgIpc) is 2.69. The molecule has 0 aliphatic carbocycles. The highest BCUT2D eigenvalue weighted by atomic mass is 32.2. The van der Waals surface area contributed by atoms with Crippen LogP contribution in [0.5, 0.6) is 0 Å². The molecule has 10 heteroatoms. The SMILES string of the molecule is Cc1cccc(NC(=O)c2cccc(S(=O)(=O)Nc3ccc(SC(F)F)cc3)c2)n1. The number of rotatable bonds is 7. The van der Waals surface area contributed by atoms with Crippen molar-refractivity contribution in [2.75, 3.05) is 10.0 Å². The van der Waals surface area contributed by atoms with E-state index in [-0.39, 0.29) is 16.1 Å². The van der Waals surface area contributed by atoms with Gasteiger partial charge in [0.15, 0.2) is 0 Å². The fourth-order valence-corrected chi connectivity index (χ4v) is 4.13. The van der Waals surface area contributed by atoms with E-state index in [0.717, 1.165) is 5.69 Å². The molecule has 0 aliphatic heterocycles. The first-order valence-corrected chi connectivity index (χ1v) is 11.0. The number of amides is 1. The third kappa shape index (κ3) is 5.77. The van der Waals surface area contributed by atoms with Gasteiger partial charge < -0.3 is 5.32 Å². The zero-order chi connectivity index (χ0) is 21.7. The van der Waals surface area contributed by atoms with Crippen LogP contribution >= 0.6 is 11.8 Å². The predicted molar refractivity (Wildman–Crippen MR) is 112 cm³/mol. The number of sulfonamides is 1. The average molecular weight is 450 g/mol. The Kier molecular flexibility index (Phi) is 6.68. The molecule has 0 radical (unpaired) electrons. The summed E-state index contributed by atoms with van der Waals surface area (Å²) in [6.45, 7) is 1.78. The van der Waals surface area contributed by atoms with Crippen LogP contribution in [0.1, 0.15) is 16.1 Å². The van der Waals surface area contributed by atoms with Gasteiger partial charge in [-0.25, -0.2) is 13.4 Å². The van der Waals surface area contributed by atoms with E-state index in [2.05, 4.69) is 15.0 Å². The number of hydrogen-bond donors (Lipinski definition) is 2. The molecule has 0 bridgehead atoms. The third-order valence-electron chi connectivity index (χ3n) is 3.87. The molecule has 6 nitrogen and oxygen atoms in total. The van der Waals surface area contributed by atoms with Gasteiger partial charge in [0.1, 0.15) is 5.82 Å². The van der Waals surface area contributed by atoms with Crippen molar-refractivity contribution < 1.29 is 22.0 Å². The number of hydrogen-bond acceptors (Lipinski definition) is 5. The van der Waals surface area contributed by atoms with Gasteiger partial charge in [-0.2, -0.15) is 8.78 Å². The number of pyridine rings is 1. The number of aromatic nitrogens is 1. The molecular weight excluding hydrogens is 432 g/mol. The molecule has 0 saturated heterocycles. The molecule has 1 amide bonds. The van der Waals surface area contributed by atoms with Crippen molar-refractivity contribution in [1.82, 2.24) is 4.98 Å². The Bertz CT molecular complexity index is 1150. The van der Waals surface area contributed by atoms with Gasteiger partial charge in [-0.05, 0) is 61.5 Å². The van der Waals surface area contributed by atoms with E-state index in [0.29, 0.717) is 22.5 Å². The lowest BCUT2D eigenvalue weighted by Gasteiger charge is -2.10. The molecule has 0 unspecified atom stereocenters. The minimum atomic E-state index is -3.99. The maximum Gasteiger partial charge on any atom is 0.288 e. The maximum absolute atomic E-state index is 12.7. The number of nitrogens with zero attached hydrogens (tertiary/aromatic N) is 1. The smallest absolute Gasteiger partial charge is 0.288 e. The van der Waals surface area contributed by atoms with Crippen LogP contribution < -0.4 is 10.0 Å². The summed E-state index contributed by atoms with van der Waals surface area (Å²) in [4.78, 5) is 16.8. The van der Waals surface area contributed by atoms with Crippen molar-refractivity contribution in [3.63, 3.8) is 0 Å². The van der Waals surface area contributed by atoms with E-state index in [1.165, 1.54) is 48.5 Å². The van der Waals surface area contributed by atoms with Crippen molar-refractivity contribution in [2.24, 2.45) is 0 Å².